The number of nitrogens with zero attached hydrogens (tertiary/aromatic N) is 7. The number of aromatic nitrogens is 5. The van der Waals surface area contributed by atoms with Gasteiger partial charge >= 0.3 is 0 Å². The van der Waals surface area contributed by atoms with Gasteiger partial charge in [-0.3, -0.25) is 4.79 Å². The van der Waals surface area contributed by atoms with E-state index in [1.54, 1.807) is 42.3 Å². The van der Waals surface area contributed by atoms with Gasteiger partial charge in [-0.25, -0.2) is 14.4 Å². The SMILES string of the molecule is COc1ccc(C(=O)N2CCN(c3ncnc4c3nnn4-c3cccc(F)c3)CC2)c(OC)c1. The summed E-state index contributed by atoms with van der Waals surface area (Å²) in [5, 5.41) is 8.42. The lowest BCUT2D eigenvalue weighted by Crippen LogP contribution is -2.49. The highest BCUT2D eigenvalue weighted by Gasteiger charge is 2.27. The first-order chi connectivity index (χ1) is 16.6. The third-order valence-corrected chi connectivity index (χ3v) is 5.78. The fraction of sp³-hybridized carbons (Fsp3) is 0.261. The van der Waals surface area contributed by atoms with Crippen molar-refractivity contribution in [1.29, 1.82) is 0 Å². The first kappa shape index (κ1) is 21.6. The number of carbonyl (C=O) groups is 1. The third-order valence-electron chi connectivity index (χ3n) is 5.78. The summed E-state index contributed by atoms with van der Waals surface area (Å²) in [6.07, 6.45) is 1.44. The predicted octanol–water partition coefficient (Wildman–Crippen LogP) is 2.33. The minimum atomic E-state index is -0.371. The van der Waals surface area contributed by atoms with Gasteiger partial charge in [-0.05, 0) is 30.3 Å². The van der Waals surface area contributed by atoms with Gasteiger partial charge in [0, 0.05) is 32.2 Å². The molecule has 5 rings (SSSR count). The molecule has 2 aromatic carbocycles. The van der Waals surface area contributed by atoms with Gasteiger partial charge in [-0.1, -0.05) is 11.3 Å². The lowest BCUT2D eigenvalue weighted by Gasteiger charge is -2.35. The molecule has 10 nitrogen and oxygen atoms in total. The van der Waals surface area contributed by atoms with Crippen LogP contribution in [0.25, 0.3) is 16.9 Å². The third kappa shape index (κ3) is 3.85. The average Bonchev–Trinajstić information content (AvgIpc) is 3.32. The smallest absolute Gasteiger partial charge is 0.257 e. The van der Waals surface area contributed by atoms with Crippen LogP contribution in [-0.4, -0.2) is 76.2 Å². The topological polar surface area (TPSA) is 98.5 Å². The van der Waals surface area contributed by atoms with E-state index in [1.807, 2.05) is 4.90 Å². The zero-order valence-corrected chi connectivity index (χ0v) is 18.7. The molecule has 1 saturated heterocycles. The molecular formula is C23H22FN7O3. The van der Waals surface area contributed by atoms with Gasteiger partial charge in [0.2, 0.25) is 0 Å². The van der Waals surface area contributed by atoms with Gasteiger partial charge in [0.25, 0.3) is 5.91 Å². The number of carbonyl (C=O) groups excluding carboxylic acids is 1. The zero-order valence-electron chi connectivity index (χ0n) is 18.7. The Morgan fingerprint density at radius 2 is 1.82 bits per heavy atom. The molecular weight excluding hydrogens is 441 g/mol. The Morgan fingerprint density at radius 3 is 2.56 bits per heavy atom. The Morgan fingerprint density at radius 1 is 1.00 bits per heavy atom. The lowest BCUT2D eigenvalue weighted by atomic mass is 10.1. The van der Waals surface area contributed by atoms with Crippen LogP contribution < -0.4 is 14.4 Å². The molecule has 2 aromatic heterocycles. The highest BCUT2D eigenvalue weighted by molar-refractivity contribution is 5.97. The van der Waals surface area contributed by atoms with E-state index in [9.17, 15) is 9.18 Å². The molecule has 3 heterocycles. The van der Waals surface area contributed by atoms with E-state index >= 15 is 0 Å². The van der Waals surface area contributed by atoms with Crippen molar-refractivity contribution in [3.05, 3.63) is 60.2 Å². The molecule has 0 bridgehead atoms. The maximum atomic E-state index is 13.7. The maximum absolute atomic E-state index is 13.7. The number of benzene rings is 2. The van der Waals surface area contributed by atoms with E-state index in [1.165, 1.54) is 30.3 Å². The fourth-order valence-corrected chi connectivity index (χ4v) is 4.02. The monoisotopic (exact) mass is 463 g/mol. The summed E-state index contributed by atoms with van der Waals surface area (Å²) in [5.41, 5.74) is 2.01. The Balaban J connectivity index is 1.35. The highest BCUT2D eigenvalue weighted by atomic mass is 19.1. The van der Waals surface area contributed by atoms with Crippen molar-refractivity contribution in [1.82, 2.24) is 29.9 Å². The number of hydrogen-bond donors (Lipinski definition) is 0. The second kappa shape index (κ2) is 8.93. The zero-order chi connectivity index (χ0) is 23.7. The van der Waals surface area contributed by atoms with Crippen molar-refractivity contribution in [3.8, 4) is 17.2 Å². The number of piperazine rings is 1. The number of amides is 1. The number of rotatable bonds is 5. The Hall–Kier alpha value is -4.28. The molecule has 1 fully saturated rings. The number of fused-ring (bicyclic) bond motifs is 1. The summed E-state index contributed by atoms with van der Waals surface area (Å²) in [6.45, 7) is 2.11. The van der Waals surface area contributed by atoms with Crippen LogP contribution in [0.1, 0.15) is 10.4 Å². The number of hydrogen-bond acceptors (Lipinski definition) is 8. The van der Waals surface area contributed by atoms with Crippen LogP contribution in [0.15, 0.2) is 48.8 Å². The number of anilines is 1. The van der Waals surface area contributed by atoms with Crippen molar-refractivity contribution < 1.29 is 18.7 Å². The minimum Gasteiger partial charge on any atom is -0.497 e. The van der Waals surface area contributed by atoms with Crippen molar-refractivity contribution in [2.45, 2.75) is 0 Å². The summed E-state index contributed by atoms with van der Waals surface area (Å²) in [5.74, 6) is 1.24. The summed E-state index contributed by atoms with van der Waals surface area (Å²) >= 11 is 0. The molecule has 1 amide bonds. The van der Waals surface area contributed by atoms with Gasteiger partial charge in [0.05, 0.1) is 25.5 Å². The van der Waals surface area contributed by atoms with Crippen LogP contribution in [0, 0.1) is 5.82 Å². The minimum absolute atomic E-state index is 0.107. The largest absolute Gasteiger partial charge is 0.497 e. The van der Waals surface area contributed by atoms with Crippen molar-refractivity contribution in [2.24, 2.45) is 0 Å². The molecule has 0 saturated carbocycles. The summed E-state index contributed by atoms with van der Waals surface area (Å²) in [6, 6.07) is 11.2. The van der Waals surface area contributed by atoms with Crippen LogP contribution in [0.4, 0.5) is 10.2 Å². The van der Waals surface area contributed by atoms with Crippen molar-refractivity contribution >= 4 is 22.9 Å². The summed E-state index contributed by atoms with van der Waals surface area (Å²) < 4.78 is 25.8. The quantitative estimate of drug-likeness (QED) is 0.445. The normalized spacial score (nSPS) is 13.9. The van der Waals surface area contributed by atoms with E-state index in [-0.39, 0.29) is 11.7 Å². The Kier molecular flexibility index (Phi) is 5.66. The van der Waals surface area contributed by atoms with Crippen LogP contribution in [0.5, 0.6) is 11.5 Å². The first-order valence-corrected chi connectivity index (χ1v) is 10.7. The second-order valence-electron chi connectivity index (χ2n) is 7.70. The van der Waals surface area contributed by atoms with Gasteiger partial charge in [0.15, 0.2) is 17.0 Å². The Bertz CT molecular complexity index is 1350. The molecule has 0 radical (unpaired) electrons. The maximum Gasteiger partial charge on any atom is 0.257 e. The highest BCUT2D eigenvalue weighted by Crippen LogP contribution is 2.27. The second-order valence-corrected chi connectivity index (χ2v) is 7.70. The van der Waals surface area contributed by atoms with Gasteiger partial charge in [-0.15, -0.1) is 5.10 Å². The van der Waals surface area contributed by atoms with Crippen LogP contribution in [-0.2, 0) is 0 Å². The molecule has 34 heavy (non-hydrogen) atoms. The van der Waals surface area contributed by atoms with E-state index < -0.39 is 0 Å². The van der Waals surface area contributed by atoms with E-state index in [2.05, 4.69) is 20.3 Å². The predicted molar refractivity (Wildman–Crippen MR) is 122 cm³/mol. The molecule has 174 valence electrons. The molecule has 1 aliphatic heterocycles. The van der Waals surface area contributed by atoms with Crippen molar-refractivity contribution in [2.75, 3.05) is 45.3 Å². The molecule has 11 heteroatoms. The van der Waals surface area contributed by atoms with Crippen LogP contribution >= 0.6 is 0 Å². The van der Waals surface area contributed by atoms with Gasteiger partial charge in [0.1, 0.15) is 23.6 Å². The van der Waals surface area contributed by atoms with Crippen LogP contribution in [0.3, 0.4) is 0 Å². The lowest BCUT2D eigenvalue weighted by molar-refractivity contribution is 0.0743. The number of halogens is 1. The van der Waals surface area contributed by atoms with E-state index in [0.717, 1.165) is 0 Å². The van der Waals surface area contributed by atoms with Crippen molar-refractivity contribution in [3.63, 3.8) is 0 Å². The standard InChI is InChI=1S/C23H22FN7O3/c1-33-17-6-7-18(19(13-17)34-2)23(32)30-10-8-29(9-11-30)21-20-22(26-14-25-21)31(28-27-20)16-5-3-4-15(24)12-16/h3-7,12-14H,8-11H2,1-2H3. The van der Waals surface area contributed by atoms with Gasteiger partial charge in [-0.2, -0.15) is 4.68 Å². The molecule has 0 spiro atoms. The average molecular weight is 463 g/mol. The molecule has 0 atom stereocenters. The molecule has 0 aliphatic carbocycles. The Labute approximate surface area is 194 Å². The summed E-state index contributed by atoms with van der Waals surface area (Å²) in [7, 11) is 3.09. The number of methoxy groups -OCH3 is 2. The van der Waals surface area contributed by atoms with E-state index in [0.29, 0.717) is 65.9 Å². The first-order valence-electron chi connectivity index (χ1n) is 10.7. The van der Waals surface area contributed by atoms with Gasteiger partial charge < -0.3 is 19.3 Å². The molecule has 1 aliphatic rings. The molecule has 0 unspecified atom stereocenters. The van der Waals surface area contributed by atoms with Crippen LogP contribution in [0.2, 0.25) is 0 Å². The molecule has 4 aromatic rings. The summed E-state index contributed by atoms with van der Waals surface area (Å²) in [4.78, 5) is 25.7. The molecule has 0 N–H and O–H groups in total. The van der Waals surface area contributed by atoms with E-state index in [4.69, 9.17) is 9.47 Å². The fourth-order valence-electron chi connectivity index (χ4n) is 4.02. The number of ether oxygens (including phenoxy) is 2.